The summed E-state index contributed by atoms with van der Waals surface area (Å²) in [6, 6.07) is 17.5. The fourth-order valence-electron chi connectivity index (χ4n) is 4.15. The smallest absolute Gasteiger partial charge is 0.264 e. The molecule has 0 saturated heterocycles. The van der Waals surface area contributed by atoms with Gasteiger partial charge in [-0.05, 0) is 81.3 Å². The summed E-state index contributed by atoms with van der Waals surface area (Å²) in [7, 11) is -4.19. The van der Waals surface area contributed by atoms with Gasteiger partial charge in [0.1, 0.15) is 24.2 Å². The maximum atomic E-state index is 13.9. The number of nitrogens with one attached hydrogen (secondary N) is 1. The molecule has 3 rings (SSSR count). The predicted molar refractivity (Wildman–Crippen MR) is 158 cm³/mol. The van der Waals surface area contributed by atoms with Crippen LogP contribution < -0.4 is 14.4 Å². The first-order chi connectivity index (χ1) is 19.6. The van der Waals surface area contributed by atoms with Crippen molar-refractivity contribution >= 4 is 27.5 Å². The van der Waals surface area contributed by atoms with E-state index in [1.807, 2.05) is 20.8 Å². The van der Waals surface area contributed by atoms with Crippen LogP contribution in [0.5, 0.6) is 5.75 Å². The monoisotopic (exact) mass is 583 g/mol. The summed E-state index contributed by atoms with van der Waals surface area (Å²) in [5, 5.41) is 2.84. The number of amides is 2. The highest BCUT2D eigenvalue weighted by molar-refractivity contribution is 7.92. The standard InChI is InChI=1S/C31H38FN3O5S/c1-5-7-20-33-31(37)24(4)34(21-25-10-12-26(32)13-11-25)30(36)22-35(27-14-8-23(3)9-15-27)41(38,39)29-18-16-28(17-19-29)40-6-2/h8-19,24H,5-7,20-22H2,1-4H3,(H,33,37)/t24-/m0/s1. The molecule has 0 bridgehead atoms. The Morgan fingerprint density at radius 1 is 0.951 bits per heavy atom. The summed E-state index contributed by atoms with van der Waals surface area (Å²) in [5.74, 6) is -0.838. The molecule has 41 heavy (non-hydrogen) atoms. The van der Waals surface area contributed by atoms with Crippen LogP contribution in [-0.2, 0) is 26.2 Å². The Labute approximate surface area is 242 Å². The number of anilines is 1. The fraction of sp³-hybridized carbons (Fsp3) is 0.355. The molecule has 0 saturated carbocycles. The third-order valence-corrected chi connectivity index (χ3v) is 8.37. The van der Waals surface area contributed by atoms with Gasteiger partial charge in [0.25, 0.3) is 10.0 Å². The van der Waals surface area contributed by atoms with Gasteiger partial charge in [0.05, 0.1) is 17.2 Å². The number of sulfonamides is 1. The van der Waals surface area contributed by atoms with E-state index in [2.05, 4.69) is 5.32 Å². The number of ether oxygens (including phenoxy) is 1. The Kier molecular flexibility index (Phi) is 11.3. The van der Waals surface area contributed by atoms with Crippen molar-refractivity contribution in [2.45, 2.75) is 58.0 Å². The van der Waals surface area contributed by atoms with Crippen LogP contribution in [0.1, 0.15) is 44.7 Å². The van der Waals surface area contributed by atoms with Crippen LogP contribution in [0.3, 0.4) is 0 Å². The Balaban J connectivity index is 1.98. The van der Waals surface area contributed by atoms with Gasteiger partial charge in [-0.25, -0.2) is 12.8 Å². The van der Waals surface area contributed by atoms with E-state index in [9.17, 15) is 22.4 Å². The Morgan fingerprint density at radius 3 is 2.17 bits per heavy atom. The van der Waals surface area contributed by atoms with Crippen LogP contribution in [0.15, 0.2) is 77.7 Å². The molecule has 0 heterocycles. The molecule has 0 aliphatic heterocycles. The summed E-state index contributed by atoms with van der Waals surface area (Å²) in [6.07, 6.45) is 1.67. The van der Waals surface area contributed by atoms with Crippen molar-refractivity contribution in [3.63, 3.8) is 0 Å². The van der Waals surface area contributed by atoms with E-state index in [4.69, 9.17) is 4.74 Å². The molecule has 1 atom stereocenters. The van der Waals surface area contributed by atoms with Gasteiger partial charge in [-0.15, -0.1) is 0 Å². The first kappa shape index (κ1) is 31.6. The van der Waals surface area contributed by atoms with Crippen molar-refractivity contribution in [3.05, 3.63) is 89.7 Å². The van der Waals surface area contributed by atoms with Crippen LogP contribution in [0.25, 0.3) is 0 Å². The maximum Gasteiger partial charge on any atom is 0.264 e. The fourth-order valence-corrected chi connectivity index (χ4v) is 5.56. The second-order valence-corrected chi connectivity index (χ2v) is 11.6. The highest BCUT2D eigenvalue weighted by Gasteiger charge is 2.32. The number of rotatable bonds is 14. The Hall–Kier alpha value is -3.92. The average Bonchev–Trinajstić information content (AvgIpc) is 2.96. The minimum atomic E-state index is -4.19. The molecule has 3 aromatic carbocycles. The third kappa shape index (κ3) is 8.53. The number of nitrogens with zero attached hydrogens (tertiary/aromatic N) is 2. The van der Waals surface area contributed by atoms with Gasteiger partial charge in [0, 0.05) is 13.1 Å². The summed E-state index contributed by atoms with van der Waals surface area (Å²) in [6.45, 7) is 7.65. The predicted octanol–water partition coefficient (Wildman–Crippen LogP) is 5.06. The molecule has 0 unspecified atom stereocenters. The molecular formula is C31H38FN3O5S. The lowest BCUT2D eigenvalue weighted by Crippen LogP contribution is -2.51. The molecule has 0 radical (unpaired) electrons. The maximum absolute atomic E-state index is 13.9. The van der Waals surface area contributed by atoms with Gasteiger partial charge in [0.2, 0.25) is 11.8 Å². The molecule has 1 N–H and O–H groups in total. The summed E-state index contributed by atoms with van der Waals surface area (Å²) < 4.78 is 47.9. The van der Waals surface area contributed by atoms with Crippen LogP contribution in [0.2, 0.25) is 0 Å². The number of hydrogen-bond donors (Lipinski definition) is 1. The lowest BCUT2D eigenvalue weighted by atomic mass is 10.1. The molecule has 0 spiro atoms. The zero-order valence-electron chi connectivity index (χ0n) is 24.0. The number of halogens is 1. The third-order valence-electron chi connectivity index (χ3n) is 6.59. The van der Waals surface area contributed by atoms with Gasteiger partial charge in [-0.2, -0.15) is 0 Å². The van der Waals surface area contributed by atoms with E-state index in [0.717, 1.165) is 22.7 Å². The highest BCUT2D eigenvalue weighted by atomic mass is 32.2. The first-order valence-corrected chi connectivity index (χ1v) is 15.1. The molecule has 0 aliphatic carbocycles. The van der Waals surface area contributed by atoms with Gasteiger partial charge in [-0.1, -0.05) is 43.2 Å². The largest absolute Gasteiger partial charge is 0.494 e. The minimum Gasteiger partial charge on any atom is -0.494 e. The van der Waals surface area contributed by atoms with E-state index in [-0.39, 0.29) is 17.3 Å². The van der Waals surface area contributed by atoms with Crippen LogP contribution in [-0.4, -0.2) is 50.9 Å². The van der Waals surface area contributed by atoms with E-state index < -0.39 is 34.3 Å². The van der Waals surface area contributed by atoms with E-state index >= 15 is 0 Å². The highest BCUT2D eigenvalue weighted by Crippen LogP contribution is 2.26. The molecule has 0 aliphatic rings. The lowest BCUT2D eigenvalue weighted by molar-refractivity contribution is -0.139. The zero-order valence-corrected chi connectivity index (χ0v) is 24.8. The van der Waals surface area contributed by atoms with Gasteiger partial charge in [0.15, 0.2) is 0 Å². The summed E-state index contributed by atoms with van der Waals surface area (Å²) in [5.41, 5.74) is 1.83. The van der Waals surface area contributed by atoms with Gasteiger partial charge < -0.3 is 15.0 Å². The summed E-state index contributed by atoms with van der Waals surface area (Å²) in [4.78, 5) is 28.2. The van der Waals surface area contributed by atoms with Crippen molar-refractivity contribution in [1.29, 1.82) is 0 Å². The number of carbonyl (C=O) groups excluding carboxylic acids is 2. The molecule has 220 valence electrons. The minimum absolute atomic E-state index is 0.00762. The quantitative estimate of drug-likeness (QED) is 0.268. The second kappa shape index (κ2) is 14.6. The number of hydrogen-bond acceptors (Lipinski definition) is 5. The lowest BCUT2D eigenvalue weighted by Gasteiger charge is -2.32. The molecule has 0 fully saturated rings. The van der Waals surface area contributed by atoms with Crippen molar-refractivity contribution in [2.75, 3.05) is 24.0 Å². The van der Waals surface area contributed by atoms with Crippen molar-refractivity contribution < 1.29 is 27.1 Å². The Bertz CT molecular complexity index is 1400. The van der Waals surface area contributed by atoms with Gasteiger partial charge >= 0.3 is 0 Å². The summed E-state index contributed by atoms with van der Waals surface area (Å²) >= 11 is 0. The van der Waals surface area contributed by atoms with Crippen molar-refractivity contribution in [3.8, 4) is 5.75 Å². The second-order valence-electron chi connectivity index (χ2n) is 9.72. The first-order valence-electron chi connectivity index (χ1n) is 13.7. The molecular weight excluding hydrogens is 545 g/mol. The SMILES string of the molecule is CCCCNC(=O)[C@H](C)N(Cc1ccc(F)cc1)C(=O)CN(c1ccc(C)cc1)S(=O)(=O)c1ccc(OCC)cc1. The molecule has 10 heteroatoms. The topological polar surface area (TPSA) is 96.0 Å². The van der Waals surface area contributed by atoms with Crippen molar-refractivity contribution in [1.82, 2.24) is 10.2 Å². The number of benzene rings is 3. The molecule has 3 aromatic rings. The van der Waals surface area contributed by atoms with Crippen LogP contribution in [0, 0.1) is 12.7 Å². The van der Waals surface area contributed by atoms with Crippen LogP contribution in [0.4, 0.5) is 10.1 Å². The van der Waals surface area contributed by atoms with E-state index in [0.29, 0.717) is 30.2 Å². The molecule has 2 amide bonds. The van der Waals surface area contributed by atoms with E-state index in [1.165, 1.54) is 41.3 Å². The number of aryl methyl sites for hydroxylation is 1. The average molecular weight is 584 g/mol. The Morgan fingerprint density at radius 2 is 1.59 bits per heavy atom. The molecule has 8 nitrogen and oxygen atoms in total. The zero-order chi connectivity index (χ0) is 30.0. The normalized spacial score (nSPS) is 11.9. The molecule has 0 aromatic heterocycles. The van der Waals surface area contributed by atoms with Crippen LogP contribution >= 0.6 is 0 Å². The number of unbranched alkanes of at least 4 members (excludes halogenated alkanes) is 1. The van der Waals surface area contributed by atoms with E-state index in [1.54, 1.807) is 43.3 Å². The number of carbonyl (C=O) groups is 2. The van der Waals surface area contributed by atoms with Crippen molar-refractivity contribution in [2.24, 2.45) is 0 Å². The van der Waals surface area contributed by atoms with Gasteiger partial charge in [-0.3, -0.25) is 13.9 Å².